The second-order valence-electron chi connectivity index (χ2n) is 5.35. The van der Waals surface area contributed by atoms with Crippen LogP contribution in [0.25, 0.3) is 0 Å². The molecule has 0 radical (unpaired) electrons. The summed E-state index contributed by atoms with van der Waals surface area (Å²) >= 11 is 0. The van der Waals surface area contributed by atoms with Gasteiger partial charge in [-0.05, 0) is 38.0 Å². The molecular formula is C16H23N3O2. The lowest BCUT2D eigenvalue weighted by molar-refractivity contribution is -0.138. The number of hydrogen-bond acceptors (Lipinski definition) is 2. The first-order chi connectivity index (χ1) is 10.1. The van der Waals surface area contributed by atoms with Crippen molar-refractivity contribution in [1.29, 1.82) is 0 Å². The highest BCUT2D eigenvalue weighted by Crippen LogP contribution is 2.31. The molecule has 1 aromatic heterocycles. The Kier molecular flexibility index (Phi) is 4.83. The number of carbonyl (C=O) groups excluding carboxylic acids is 2. The monoisotopic (exact) mass is 289 g/mol. The van der Waals surface area contributed by atoms with Crippen LogP contribution in [0.2, 0.25) is 0 Å². The normalized spacial score (nSPS) is 17.8. The Hall–Kier alpha value is -2.04. The van der Waals surface area contributed by atoms with E-state index >= 15 is 0 Å². The molecule has 0 aliphatic carbocycles. The molecule has 1 unspecified atom stereocenters. The fourth-order valence-electron chi connectivity index (χ4n) is 2.92. The predicted octanol–water partition coefficient (Wildman–Crippen LogP) is 1.72. The van der Waals surface area contributed by atoms with Crippen molar-refractivity contribution >= 4 is 11.8 Å². The molecule has 114 valence electrons. The summed E-state index contributed by atoms with van der Waals surface area (Å²) in [5.74, 6) is -0.184. The van der Waals surface area contributed by atoms with Gasteiger partial charge in [0.2, 0.25) is 11.8 Å². The van der Waals surface area contributed by atoms with E-state index < -0.39 is 0 Å². The van der Waals surface area contributed by atoms with Crippen LogP contribution in [-0.2, 0) is 16.6 Å². The minimum atomic E-state index is -0.194. The Labute approximate surface area is 125 Å². The first-order valence-electron chi connectivity index (χ1n) is 7.40. The Bertz CT molecular complexity index is 535. The summed E-state index contributed by atoms with van der Waals surface area (Å²) < 4.78 is 2.06. The zero-order valence-electron chi connectivity index (χ0n) is 12.8. The van der Waals surface area contributed by atoms with Crippen LogP contribution in [0, 0.1) is 0 Å². The first kappa shape index (κ1) is 15.4. The van der Waals surface area contributed by atoms with Gasteiger partial charge in [-0.25, -0.2) is 0 Å². The summed E-state index contributed by atoms with van der Waals surface area (Å²) in [5, 5.41) is 0. The molecule has 2 amide bonds. The molecule has 1 fully saturated rings. The molecule has 0 N–H and O–H groups in total. The summed E-state index contributed by atoms with van der Waals surface area (Å²) in [4.78, 5) is 27.7. The number of nitrogens with zero attached hydrogens (tertiary/aromatic N) is 3. The lowest BCUT2D eigenvalue weighted by Crippen LogP contribution is -2.42. The van der Waals surface area contributed by atoms with Crippen molar-refractivity contribution in [2.75, 3.05) is 19.6 Å². The van der Waals surface area contributed by atoms with E-state index in [0.717, 1.165) is 25.1 Å². The van der Waals surface area contributed by atoms with Gasteiger partial charge in [-0.15, -0.1) is 0 Å². The number of likely N-dealkylation sites (N-methyl/N-ethyl adjacent to an activating group) is 1. The molecule has 1 aliphatic heterocycles. The van der Waals surface area contributed by atoms with E-state index in [1.807, 2.05) is 31.1 Å². The van der Waals surface area contributed by atoms with E-state index in [1.165, 1.54) is 11.0 Å². The number of hydrogen-bond donors (Lipinski definition) is 0. The quantitative estimate of drug-likeness (QED) is 0.775. The van der Waals surface area contributed by atoms with Crippen LogP contribution in [-0.4, -0.2) is 45.8 Å². The van der Waals surface area contributed by atoms with Crippen LogP contribution < -0.4 is 0 Å². The van der Waals surface area contributed by atoms with Gasteiger partial charge in [-0.2, -0.15) is 0 Å². The Balaban J connectivity index is 2.09. The molecule has 0 aromatic carbocycles. The molecule has 1 saturated heterocycles. The van der Waals surface area contributed by atoms with Crippen LogP contribution >= 0.6 is 0 Å². The van der Waals surface area contributed by atoms with Crippen LogP contribution in [0.15, 0.2) is 31.0 Å². The third-order valence-electron chi connectivity index (χ3n) is 4.09. The number of rotatable bonds is 5. The van der Waals surface area contributed by atoms with Gasteiger partial charge in [0.25, 0.3) is 0 Å². The van der Waals surface area contributed by atoms with Crippen LogP contribution in [0.5, 0.6) is 0 Å². The topological polar surface area (TPSA) is 45.6 Å². The second kappa shape index (κ2) is 6.61. The Morgan fingerprint density at radius 2 is 2.29 bits per heavy atom. The largest absolute Gasteiger partial charge is 0.353 e. The van der Waals surface area contributed by atoms with Crippen molar-refractivity contribution in [3.8, 4) is 0 Å². The molecule has 1 aliphatic rings. The van der Waals surface area contributed by atoms with E-state index in [-0.39, 0.29) is 24.4 Å². The molecule has 2 heterocycles. The van der Waals surface area contributed by atoms with Crippen molar-refractivity contribution in [3.05, 3.63) is 36.7 Å². The average Bonchev–Trinajstić information content (AvgIpc) is 3.11. The van der Waals surface area contributed by atoms with E-state index in [4.69, 9.17) is 0 Å². The van der Waals surface area contributed by atoms with E-state index in [1.54, 1.807) is 0 Å². The fraction of sp³-hybridized carbons (Fsp3) is 0.500. The van der Waals surface area contributed by atoms with Gasteiger partial charge in [0.15, 0.2) is 0 Å². The van der Waals surface area contributed by atoms with Gasteiger partial charge in [0.1, 0.15) is 6.54 Å². The van der Waals surface area contributed by atoms with Gasteiger partial charge in [-0.1, -0.05) is 6.58 Å². The third-order valence-corrected chi connectivity index (χ3v) is 4.09. The van der Waals surface area contributed by atoms with Crippen molar-refractivity contribution in [1.82, 2.24) is 14.4 Å². The lowest BCUT2D eigenvalue weighted by atomic mass is 10.1. The summed E-state index contributed by atoms with van der Waals surface area (Å²) in [6.07, 6.45) is 5.24. The summed E-state index contributed by atoms with van der Waals surface area (Å²) in [6, 6.07) is 4.17. The minimum Gasteiger partial charge on any atom is -0.353 e. The third kappa shape index (κ3) is 3.17. The molecule has 0 saturated carbocycles. The molecule has 5 nitrogen and oxygen atoms in total. The Morgan fingerprint density at radius 1 is 1.52 bits per heavy atom. The van der Waals surface area contributed by atoms with Crippen LogP contribution in [0.4, 0.5) is 0 Å². The number of amides is 2. The maximum absolute atomic E-state index is 12.5. The first-order valence-corrected chi connectivity index (χ1v) is 7.40. The van der Waals surface area contributed by atoms with Gasteiger partial charge < -0.3 is 14.4 Å². The maximum Gasteiger partial charge on any atom is 0.246 e. The smallest absolute Gasteiger partial charge is 0.246 e. The summed E-state index contributed by atoms with van der Waals surface area (Å²) in [5.41, 5.74) is 1.15. The van der Waals surface area contributed by atoms with E-state index in [2.05, 4.69) is 17.2 Å². The van der Waals surface area contributed by atoms with Crippen LogP contribution in [0.1, 0.15) is 31.5 Å². The van der Waals surface area contributed by atoms with Crippen molar-refractivity contribution in [2.45, 2.75) is 25.8 Å². The molecular weight excluding hydrogens is 266 g/mol. The summed E-state index contributed by atoms with van der Waals surface area (Å²) in [6.45, 7) is 6.75. The zero-order chi connectivity index (χ0) is 15.4. The number of aryl methyl sites for hydroxylation is 1. The number of likely N-dealkylation sites (tertiary alicyclic amines) is 1. The average molecular weight is 289 g/mol. The Morgan fingerprint density at radius 3 is 2.86 bits per heavy atom. The van der Waals surface area contributed by atoms with Crippen LogP contribution in [0.3, 0.4) is 0 Å². The SMILES string of the molecule is C=CC(=O)N(CC)CC(=O)N1CCCC1c1cccn1C. The number of carbonyl (C=O) groups is 2. The van der Waals surface area contributed by atoms with Crippen molar-refractivity contribution in [2.24, 2.45) is 7.05 Å². The van der Waals surface area contributed by atoms with Crippen molar-refractivity contribution < 1.29 is 9.59 Å². The zero-order valence-corrected chi connectivity index (χ0v) is 12.8. The molecule has 1 atom stereocenters. The van der Waals surface area contributed by atoms with E-state index in [0.29, 0.717) is 6.54 Å². The predicted molar refractivity (Wildman–Crippen MR) is 81.6 cm³/mol. The van der Waals surface area contributed by atoms with Gasteiger partial charge >= 0.3 is 0 Å². The number of aromatic nitrogens is 1. The van der Waals surface area contributed by atoms with E-state index in [9.17, 15) is 9.59 Å². The molecule has 2 rings (SSSR count). The molecule has 0 spiro atoms. The standard InChI is InChI=1S/C16H23N3O2/c1-4-15(20)18(5-2)12-16(21)19-11-7-9-14(19)13-8-6-10-17(13)3/h4,6,8,10,14H,1,5,7,9,11-12H2,2-3H3. The summed E-state index contributed by atoms with van der Waals surface area (Å²) in [7, 11) is 2.00. The highest BCUT2D eigenvalue weighted by atomic mass is 16.2. The lowest BCUT2D eigenvalue weighted by Gasteiger charge is -2.28. The van der Waals surface area contributed by atoms with Gasteiger partial charge in [-0.3, -0.25) is 9.59 Å². The van der Waals surface area contributed by atoms with Crippen molar-refractivity contribution in [3.63, 3.8) is 0 Å². The minimum absolute atomic E-state index is 0.00995. The maximum atomic E-state index is 12.5. The highest BCUT2D eigenvalue weighted by molar-refractivity contribution is 5.91. The van der Waals surface area contributed by atoms with Gasteiger partial charge in [0.05, 0.1) is 6.04 Å². The molecule has 0 bridgehead atoms. The fourth-order valence-corrected chi connectivity index (χ4v) is 2.92. The molecule has 1 aromatic rings. The molecule has 21 heavy (non-hydrogen) atoms. The molecule has 5 heteroatoms. The second-order valence-corrected chi connectivity index (χ2v) is 5.35. The highest BCUT2D eigenvalue weighted by Gasteiger charge is 2.32. The van der Waals surface area contributed by atoms with Gasteiger partial charge in [0, 0.05) is 32.0 Å².